The van der Waals surface area contributed by atoms with Gasteiger partial charge in [0.15, 0.2) is 5.82 Å². The molecule has 3 heterocycles. The summed E-state index contributed by atoms with van der Waals surface area (Å²) in [7, 11) is 0. The molecular weight excluding hydrogens is 723 g/mol. The summed E-state index contributed by atoms with van der Waals surface area (Å²) in [6, 6.07) is 14.3. The van der Waals surface area contributed by atoms with Gasteiger partial charge in [0.05, 0.1) is 43.6 Å². The van der Waals surface area contributed by atoms with Crippen LogP contribution in [-0.4, -0.2) is 62.3 Å². The number of hydrogen-bond acceptors (Lipinski definition) is 7. The Balaban J connectivity index is 1.25. The Labute approximate surface area is 347 Å². The van der Waals surface area contributed by atoms with Gasteiger partial charge in [-0.1, -0.05) is 104 Å². The Hall–Kier alpha value is -3.40. The number of nitrogens with two attached hydrogens (primary N) is 1. The minimum Gasteiger partial charge on any atom is -0.481 e. The standard InChI is InChI=1S/C49H69N5O4/c1-30(2)32(5)44(6)21-22-46(8)35-16-17-39-45(7)26-57-28-49(39,36(35)18-20-47(46,9)40(44)43(55)56)25-38(41(45)58-27-48(10,50)31(3)4)54-42(52-29-53-54)34-19-23-51-37(24-34)33-14-12-11-13-15-33/h11-15,18-19,23-24,29-32,35,38-41H,16-17,20-22,25-28,50H2,1-10H3,(H,55,56)/t32-,35+,38-,39+,40-,41+,44-,45-,46-,47+,48+,49+/m1/s1. The predicted molar refractivity (Wildman–Crippen MR) is 228 cm³/mol. The van der Waals surface area contributed by atoms with E-state index in [1.807, 2.05) is 30.5 Å². The number of nitrogens with zero attached hydrogens (tertiary/aromatic N) is 4. The largest absolute Gasteiger partial charge is 0.481 e. The number of hydrogen-bond donors (Lipinski definition) is 2. The molecule has 0 radical (unpaired) electrons. The fraction of sp³-hybridized carbons (Fsp3) is 0.673. The molecule has 5 aliphatic rings. The summed E-state index contributed by atoms with van der Waals surface area (Å²) in [6.07, 6.45) is 11.5. The fourth-order valence-electron chi connectivity index (χ4n) is 13.6. The Bertz CT molecular complexity index is 2040. The molecule has 3 saturated carbocycles. The summed E-state index contributed by atoms with van der Waals surface area (Å²) < 4.78 is 16.2. The number of ether oxygens (including phenoxy) is 2. The zero-order valence-corrected chi connectivity index (χ0v) is 36.8. The van der Waals surface area contributed by atoms with Gasteiger partial charge in [0.25, 0.3) is 0 Å². The van der Waals surface area contributed by atoms with E-state index in [4.69, 9.17) is 30.3 Å². The number of carboxylic acids is 1. The normalized spacial score (nSPS) is 38.6. The average Bonchev–Trinajstić information content (AvgIpc) is 3.68. The van der Waals surface area contributed by atoms with Crippen LogP contribution >= 0.6 is 0 Å². The van der Waals surface area contributed by atoms with Gasteiger partial charge in [0, 0.05) is 33.7 Å². The molecule has 314 valence electrons. The minimum absolute atomic E-state index is 0.145. The van der Waals surface area contributed by atoms with E-state index in [9.17, 15) is 9.90 Å². The molecule has 8 rings (SSSR count). The van der Waals surface area contributed by atoms with E-state index >= 15 is 0 Å². The lowest BCUT2D eigenvalue weighted by Gasteiger charge is -2.71. The summed E-state index contributed by atoms with van der Waals surface area (Å²) in [5, 5.41) is 16.3. The van der Waals surface area contributed by atoms with Crippen molar-refractivity contribution in [2.45, 2.75) is 125 Å². The van der Waals surface area contributed by atoms with Crippen LogP contribution in [0.1, 0.15) is 114 Å². The van der Waals surface area contributed by atoms with Gasteiger partial charge in [-0.2, -0.15) is 5.10 Å². The van der Waals surface area contributed by atoms with Crippen LogP contribution in [0.5, 0.6) is 0 Å². The summed E-state index contributed by atoms with van der Waals surface area (Å²) in [5.41, 5.74) is 9.41. The van der Waals surface area contributed by atoms with Gasteiger partial charge in [-0.3, -0.25) is 9.78 Å². The second-order valence-corrected chi connectivity index (χ2v) is 21.3. The quantitative estimate of drug-likeness (QED) is 0.195. The molecule has 58 heavy (non-hydrogen) atoms. The fourth-order valence-corrected chi connectivity index (χ4v) is 13.6. The predicted octanol–water partition coefficient (Wildman–Crippen LogP) is 9.90. The van der Waals surface area contributed by atoms with Gasteiger partial charge in [0.1, 0.15) is 6.33 Å². The van der Waals surface area contributed by atoms with E-state index in [0.717, 1.165) is 61.2 Å². The van der Waals surface area contributed by atoms with Crippen LogP contribution in [-0.2, 0) is 14.3 Å². The molecule has 9 nitrogen and oxygen atoms in total. The number of fused-ring (bicyclic) bond motifs is 3. The summed E-state index contributed by atoms with van der Waals surface area (Å²) in [5.74, 6) is 1.27. The molecule has 2 aromatic heterocycles. The van der Waals surface area contributed by atoms with Crippen LogP contribution in [0.25, 0.3) is 22.6 Å². The SMILES string of the molecule is CC(C)[C@@H](C)[C@@]1(C)CC[C@]2(C)[C@H]3CC[C@@H]4[C@@]5(COC[C@@]4(C)[C@@H](OC[C@](C)(N)C(C)C)[C@H](n4ncnc4-c4ccnc(-c6ccccc6)c4)C5)C3=CC[C@@]2(C)[C@@H]1C(=O)O. The van der Waals surface area contributed by atoms with Crippen molar-refractivity contribution >= 4 is 5.97 Å². The second kappa shape index (κ2) is 14.4. The molecule has 3 N–H and O–H groups in total. The highest BCUT2D eigenvalue weighted by Crippen LogP contribution is 2.75. The van der Waals surface area contributed by atoms with E-state index in [2.05, 4.69) is 98.2 Å². The van der Waals surface area contributed by atoms with E-state index in [-0.39, 0.29) is 51.1 Å². The molecular formula is C49H69N5O4. The molecule has 9 heteroatoms. The lowest BCUT2D eigenvalue weighted by Crippen LogP contribution is -2.69. The van der Waals surface area contributed by atoms with Crippen molar-refractivity contribution in [1.29, 1.82) is 0 Å². The van der Waals surface area contributed by atoms with Crippen molar-refractivity contribution < 1.29 is 19.4 Å². The summed E-state index contributed by atoms with van der Waals surface area (Å²) in [6.45, 7) is 24.4. The molecule has 3 aromatic rings. The van der Waals surface area contributed by atoms with Gasteiger partial charge >= 0.3 is 5.97 Å². The second-order valence-electron chi connectivity index (χ2n) is 21.3. The lowest BCUT2D eigenvalue weighted by molar-refractivity contribution is -0.252. The van der Waals surface area contributed by atoms with Gasteiger partial charge in [-0.25, -0.2) is 9.67 Å². The molecule has 2 bridgehead atoms. The van der Waals surface area contributed by atoms with Crippen molar-refractivity contribution in [2.24, 2.45) is 68.3 Å². The molecule has 0 amide bonds. The van der Waals surface area contributed by atoms with E-state index < -0.39 is 17.4 Å². The van der Waals surface area contributed by atoms with Crippen molar-refractivity contribution in [1.82, 2.24) is 19.7 Å². The van der Waals surface area contributed by atoms with Crippen molar-refractivity contribution in [2.75, 3.05) is 19.8 Å². The zero-order valence-electron chi connectivity index (χ0n) is 36.8. The molecule has 1 aliphatic heterocycles. The third-order valence-electron chi connectivity index (χ3n) is 18.0. The number of pyridine rings is 1. The number of carbonyl (C=O) groups is 1. The Morgan fingerprint density at radius 3 is 2.43 bits per heavy atom. The van der Waals surface area contributed by atoms with Crippen molar-refractivity contribution in [3.63, 3.8) is 0 Å². The maximum atomic E-state index is 13.7. The number of benzene rings is 1. The molecule has 1 aromatic carbocycles. The Kier molecular flexibility index (Phi) is 10.2. The highest BCUT2D eigenvalue weighted by Gasteiger charge is 2.72. The first kappa shape index (κ1) is 41.3. The van der Waals surface area contributed by atoms with Crippen LogP contribution < -0.4 is 5.73 Å². The lowest BCUT2D eigenvalue weighted by atomic mass is 9.34. The van der Waals surface area contributed by atoms with Crippen LogP contribution in [0.2, 0.25) is 0 Å². The van der Waals surface area contributed by atoms with Crippen LogP contribution in [0.4, 0.5) is 0 Å². The maximum absolute atomic E-state index is 13.7. The summed E-state index contributed by atoms with van der Waals surface area (Å²) >= 11 is 0. The molecule has 0 spiro atoms. The molecule has 12 atom stereocenters. The smallest absolute Gasteiger partial charge is 0.307 e. The van der Waals surface area contributed by atoms with Crippen LogP contribution in [0.15, 0.2) is 66.6 Å². The minimum atomic E-state index is -0.628. The molecule has 1 saturated heterocycles. The van der Waals surface area contributed by atoms with E-state index in [1.165, 1.54) is 5.57 Å². The highest BCUT2D eigenvalue weighted by atomic mass is 16.5. The monoisotopic (exact) mass is 792 g/mol. The zero-order chi connectivity index (χ0) is 41.6. The Morgan fingerprint density at radius 2 is 1.74 bits per heavy atom. The third-order valence-corrected chi connectivity index (χ3v) is 18.0. The number of allylic oxidation sites excluding steroid dienone is 1. The number of aromatic nitrogens is 4. The van der Waals surface area contributed by atoms with Gasteiger partial charge in [-0.05, 0) is 103 Å². The maximum Gasteiger partial charge on any atom is 0.307 e. The van der Waals surface area contributed by atoms with E-state index in [0.29, 0.717) is 37.6 Å². The first-order valence-electron chi connectivity index (χ1n) is 22.2. The van der Waals surface area contributed by atoms with Crippen LogP contribution in [0, 0.1) is 62.6 Å². The molecule has 4 fully saturated rings. The van der Waals surface area contributed by atoms with Crippen molar-refractivity contribution in [3.05, 3.63) is 66.6 Å². The average molecular weight is 792 g/mol. The molecule has 0 unspecified atom stereocenters. The van der Waals surface area contributed by atoms with E-state index in [1.54, 1.807) is 6.33 Å². The molecule has 4 aliphatic carbocycles. The third kappa shape index (κ3) is 6.01. The summed E-state index contributed by atoms with van der Waals surface area (Å²) in [4.78, 5) is 23.3. The highest BCUT2D eigenvalue weighted by molar-refractivity contribution is 5.73. The van der Waals surface area contributed by atoms with Crippen LogP contribution in [0.3, 0.4) is 0 Å². The van der Waals surface area contributed by atoms with Gasteiger partial charge in [-0.15, -0.1) is 0 Å². The number of carboxylic acid groups (broad SMARTS) is 1. The topological polar surface area (TPSA) is 125 Å². The number of rotatable bonds is 10. The first-order valence-corrected chi connectivity index (χ1v) is 22.2. The van der Waals surface area contributed by atoms with Gasteiger partial charge in [0.2, 0.25) is 0 Å². The number of aliphatic carboxylic acids is 1. The van der Waals surface area contributed by atoms with Crippen molar-refractivity contribution in [3.8, 4) is 22.6 Å². The van der Waals surface area contributed by atoms with Gasteiger partial charge < -0.3 is 20.3 Å². The Morgan fingerprint density at radius 1 is 1.00 bits per heavy atom. The first-order chi connectivity index (χ1) is 27.3.